The highest BCUT2D eigenvalue weighted by molar-refractivity contribution is 5.86. The van der Waals surface area contributed by atoms with Crippen molar-refractivity contribution in [2.24, 2.45) is 0 Å². The van der Waals surface area contributed by atoms with Gasteiger partial charge in [-0.2, -0.15) is 0 Å². The van der Waals surface area contributed by atoms with Crippen LogP contribution in [0, 0.1) is 0 Å². The maximum Gasteiger partial charge on any atom is 0.229 e. The van der Waals surface area contributed by atoms with Crippen LogP contribution in [0.15, 0.2) is 45.6 Å². The number of aliphatic hydroxyl groups excluding tert-OH is 5. The number of phenolic OH excluding ortho intramolecular Hbond substituents is 2. The van der Waals surface area contributed by atoms with E-state index in [2.05, 4.69) is 0 Å². The Bertz CT molecular complexity index is 1420. The predicted octanol–water partition coefficient (Wildman–Crippen LogP) is -0.839. The predicted molar refractivity (Wildman–Crippen MR) is 133 cm³/mol. The van der Waals surface area contributed by atoms with E-state index in [0.29, 0.717) is 5.56 Å². The first-order chi connectivity index (χ1) is 19.1. The molecule has 0 radical (unpaired) electrons. The maximum absolute atomic E-state index is 12.8. The molecule has 8 atom stereocenters. The fourth-order valence-electron chi connectivity index (χ4n) is 4.57. The molecule has 2 aromatic carbocycles. The van der Waals surface area contributed by atoms with Crippen molar-refractivity contribution in [1.29, 1.82) is 0 Å². The first kappa shape index (κ1) is 28.1. The number of methoxy groups -OCH3 is 1. The molecule has 40 heavy (non-hydrogen) atoms. The molecule has 5 rings (SSSR count). The fourth-order valence-corrected chi connectivity index (χ4v) is 4.57. The summed E-state index contributed by atoms with van der Waals surface area (Å²) in [5.74, 6) is -0.412. The second kappa shape index (κ2) is 11.2. The van der Waals surface area contributed by atoms with Crippen LogP contribution in [0.4, 0.5) is 0 Å². The molecular formula is C26H28O14. The summed E-state index contributed by atoms with van der Waals surface area (Å²) < 4.78 is 33.2. The van der Waals surface area contributed by atoms with Gasteiger partial charge in [0.15, 0.2) is 29.3 Å². The minimum Gasteiger partial charge on any atom is -0.507 e. The van der Waals surface area contributed by atoms with Gasteiger partial charge in [-0.3, -0.25) is 4.79 Å². The maximum atomic E-state index is 12.8. The Kier molecular flexibility index (Phi) is 7.85. The molecule has 3 heterocycles. The van der Waals surface area contributed by atoms with Crippen molar-refractivity contribution in [3.8, 4) is 34.3 Å². The third-order valence-electron chi connectivity index (χ3n) is 6.72. The van der Waals surface area contributed by atoms with Crippen molar-refractivity contribution in [2.45, 2.75) is 49.2 Å². The van der Waals surface area contributed by atoms with Crippen molar-refractivity contribution in [3.05, 3.63) is 46.6 Å². The van der Waals surface area contributed by atoms with Crippen LogP contribution >= 0.6 is 0 Å². The van der Waals surface area contributed by atoms with Gasteiger partial charge < -0.3 is 63.8 Å². The molecule has 7 N–H and O–H groups in total. The Balaban J connectivity index is 1.45. The third-order valence-corrected chi connectivity index (χ3v) is 6.72. The SMILES string of the molecule is COc1cc(-c2cc(=O)c3c(O)cc(OC4O[C@H](CO)[C@@H](O)[C@@H]4OC4OC[C@@H](O)[C@H](O)[C@H]4O)cc3o2)ccc1O. The molecular weight excluding hydrogens is 536 g/mol. The standard InChI is InChI=1S/C26H28O14/c1-35-17-4-10(2-3-12(17)28)16-7-14(30)20-13(29)5-11(6-18(20)38-16)37-26-24(22(33)19(8-27)39-26)40-25-23(34)21(32)15(31)9-36-25/h2-7,15,19,21-29,31-34H,8-9H2,1H3/t15-,19-,21+,22-,23-,24+,25?,26?/m1/s1. The molecule has 0 bridgehead atoms. The number of aromatic hydroxyl groups is 2. The molecule has 2 unspecified atom stereocenters. The molecule has 0 amide bonds. The van der Waals surface area contributed by atoms with Gasteiger partial charge in [0.05, 0.1) is 20.3 Å². The van der Waals surface area contributed by atoms with Gasteiger partial charge in [-0.05, 0) is 18.2 Å². The van der Waals surface area contributed by atoms with E-state index in [0.717, 1.165) is 6.07 Å². The molecule has 0 aliphatic carbocycles. The number of fused-ring (bicyclic) bond motifs is 1. The Morgan fingerprint density at radius 1 is 0.950 bits per heavy atom. The molecule has 2 aliphatic heterocycles. The second-order valence-corrected chi connectivity index (χ2v) is 9.36. The van der Waals surface area contributed by atoms with Crippen LogP contribution in [0.2, 0.25) is 0 Å². The Morgan fingerprint density at radius 2 is 1.73 bits per heavy atom. The minimum atomic E-state index is -1.67. The lowest BCUT2D eigenvalue weighted by molar-refractivity contribution is -0.298. The van der Waals surface area contributed by atoms with E-state index in [9.17, 15) is 40.5 Å². The van der Waals surface area contributed by atoms with Crippen LogP contribution in [0.1, 0.15) is 0 Å². The number of hydrogen-bond acceptors (Lipinski definition) is 14. The number of ether oxygens (including phenoxy) is 5. The largest absolute Gasteiger partial charge is 0.507 e. The van der Waals surface area contributed by atoms with Gasteiger partial charge in [-0.25, -0.2) is 0 Å². The van der Waals surface area contributed by atoms with Gasteiger partial charge in [0, 0.05) is 23.8 Å². The van der Waals surface area contributed by atoms with E-state index in [1.54, 1.807) is 0 Å². The number of rotatable bonds is 7. The first-order valence-electron chi connectivity index (χ1n) is 12.2. The number of benzene rings is 2. The van der Waals surface area contributed by atoms with Gasteiger partial charge in [0.25, 0.3) is 0 Å². The highest BCUT2D eigenvalue weighted by Gasteiger charge is 2.49. The quantitative estimate of drug-likeness (QED) is 0.186. The fraction of sp³-hybridized carbons (Fsp3) is 0.423. The lowest BCUT2D eigenvalue weighted by Crippen LogP contribution is -2.56. The van der Waals surface area contributed by atoms with Gasteiger partial charge in [0.2, 0.25) is 6.29 Å². The van der Waals surface area contributed by atoms with Crippen LogP contribution in [-0.2, 0) is 14.2 Å². The normalized spacial score (nSPS) is 30.4. The number of aliphatic hydroxyl groups is 5. The van der Waals surface area contributed by atoms with Crippen LogP contribution in [0.5, 0.6) is 23.0 Å². The van der Waals surface area contributed by atoms with E-state index in [1.807, 2.05) is 0 Å². The molecule has 3 aromatic rings. The molecule has 0 saturated carbocycles. The van der Waals surface area contributed by atoms with Crippen molar-refractivity contribution in [2.75, 3.05) is 20.3 Å². The second-order valence-electron chi connectivity index (χ2n) is 9.36. The molecule has 216 valence electrons. The summed E-state index contributed by atoms with van der Waals surface area (Å²) in [7, 11) is 1.37. The zero-order valence-electron chi connectivity index (χ0n) is 21.0. The summed E-state index contributed by atoms with van der Waals surface area (Å²) in [5, 5.41) is 70.4. The van der Waals surface area contributed by atoms with Crippen molar-refractivity contribution in [3.63, 3.8) is 0 Å². The Hall–Kier alpha value is -3.47. The molecule has 14 heteroatoms. The average Bonchev–Trinajstić information content (AvgIpc) is 3.22. The van der Waals surface area contributed by atoms with Crippen molar-refractivity contribution in [1.82, 2.24) is 0 Å². The van der Waals surface area contributed by atoms with Crippen molar-refractivity contribution < 1.29 is 63.8 Å². The lowest BCUT2D eigenvalue weighted by atomic mass is 10.1. The zero-order chi connectivity index (χ0) is 28.7. The van der Waals surface area contributed by atoms with E-state index >= 15 is 0 Å². The van der Waals surface area contributed by atoms with E-state index in [-0.39, 0.29) is 40.6 Å². The summed E-state index contributed by atoms with van der Waals surface area (Å²) in [5.41, 5.74) is -0.229. The van der Waals surface area contributed by atoms with Crippen LogP contribution < -0.4 is 14.9 Å². The smallest absolute Gasteiger partial charge is 0.229 e. The van der Waals surface area contributed by atoms with Crippen LogP contribution in [-0.4, -0.2) is 105 Å². The highest BCUT2D eigenvalue weighted by Crippen LogP contribution is 2.36. The molecule has 0 spiro atoms. The molecule has 2 fully saturated rings. The van der Waals surface area contributed by atoms with Gasteiger partial charge in [-0.1, -0.05) is 0 Å². The van der Waals surface area contributed by atoms with Gasteiger partial charge in [-0.15, -0.1) is 0 Å². The Morgan fingerprint density at radius 3 is 2.45 bits per heavy atom. The van der Waals surface area contributed by atoms with E-state index < -0.39 is 67.0 Å². The van der Waals surface area contributed by atoms with Crippen molar-refractivity contribution >= 4 is 11.0 Å². The summed E-state index contributed by atoms with van der Waals surface area (Å²) in [6, 6.07) is 7.91. The minimum absolute atomic E-state index is 0.0672. The molecule has 2 aliphatic rings. The van der Waals surface area contributed by atoms with Crippen LogP contribution in [0.3, 0.4) is 0 Å². The molecule has 2 saturated heterocycles. The van der Waals surface area contributed by atoms with E-state index in [1.165, 1.54) is 37.4 Å². The van der Waals surface area contributed by atoms with Gasteiger partial charge >= 0.3 is 0 Å². The summed E-state index contributed by atoms with van der Waals surface area (Å²) >= 11 is 0. The Labute approximate surface area is 225 Å². The van der Waals surface area contributed by atoms with Gasteiger partial charge in [0.1, 0.15) is 58.7 Å². The number of hydrogen-bond donors (Lipinski definition) is 7. The first-order valence-corrected chi connectivity index (χ1v) is 12.2. The summed E-state index contributed by atoms with van der Waals surface area (Å²) in [4.78, 5) is 12.8. The molecule has 14 nitrogen and oxygen atoms in total. The zero-order valence-corrected chi connectivity index (χ0v) is 21.0. The summed E-state index contributed by atoms with van der Waals surface area (Å²) in [6.07, 6.45) is -11.5. The lowest BCUT2D eigenvalue weighted by Gasteiger charge is -2.37. The average molecular weight is 564 g/mol. The summed E-state index contributed by atoms with van der Waals surface area (Å²) in [6.45, 7) is -0.970. The third kappa shape index (κ3) is 5.18. The monoisotopic (exact) mass is 564 g/mol. The highest BCUT2D eigenvalue weighted by atomic mass is 16.8. The topological polar surface area (TPSA) is 218 Å². The van der Waals surface area contributed by atoms with E-state index in [4.69, 9.17) is 28.1 Å². The number of phenols is 2. The molecule has 1 aromatic heterocycles. The van der Waals surface area contributed by atoms with Crippen LogP contribution in [0.25, 0.3) is 22.3 Å².